The molecule has 108 valence electrons. The minimum Gasteiger partial charge on any atom is -0.314 e. The molecule has 0 aliphatic heterocycles. The first-order chi connectivity index (χ1) is 9.69. The maximum atomic E-state index is 4.32. The van der Waals surface area contributed by atoms with E-state index < -0.39 is 0 Å². The fourth-order valence-corrected chi connectivity index (χ4v) is 2.50. The van der Waals surface area contributed by atoms with Crippen LogP contribution in [0.2, 0.25) is 0 Å². The van der Waals surface area contributed by atoms with Gasteiger partial charge in [-0.05, 0) is 31.9 Å². The van der Waals surface area contributed by atoms with E-state index in [-0.39, 0.29) is 0 Å². The largest absolute Gasteiger partial charge is 0.314 e. The van der Waals surface area contributed by atoms with Crippen LogP contribution in [0.15, 0.2) is 30.6 Å². The van der Waals surface area contributed by atoms with Crippen molar-refractivity contribution in [1.82, 2.24) is 20.1 Å². The molecular weight excluding hydrogens is 248 g/mol. The highest BCUT2D eigenvalue weighted by Crippen LogP contribution is 2.10. The van der Waals surface area contributed by atoms with Crippen molar-refractivity contribution in [3.05, 3.63) is 47.5 Å². The lowest BCUT2D eigenvalue weighted by Crippen LogP contribution is -2.32. The Morgan fingerprint density at radius 2 is 2.20 bits per heavy atom. The van der Waals surface area contributed by atoms with Crippen molar-refractivity contribution in [2.24, 2.45) is 7.05 Å². The Morgan fingerprint density at radius 3 is 2.85 bits per heavy atom. The summed E-state index contributed by atoms with van der Waals surface area (Å²) in [6.45, 7) is 5.28. The first-order valence-electron chi connectivity index (χ1n) is 7.31. The Morgan fingerprint density at radius 1 is 1.35 bits per heavy atom. The molecule has 0 spiro atoms. The molecule has 1 unspecified atom stereocenters. The van der Waals surface area contributed by atoms with E-state index in [9.17, 15) is 0 Å². The van der Waals surface area contributed by atoms with E-state index in [1.807, 2.05) is 11.7 Å². The van der Waals surface area contributed by atoms with Crippen molar-refractivity contribution in [3.8, 4) is 0 Å². The van der Waals surface area contributed by atoms with Crippen LogP contribution in [0, 0.1) is 6.92 Å². The fraction of sp³-hybridized carbons (Fsp3) is 0.500. The van der Waals surface area contributed by atoms with Gasteiger partial charge in [-0.2, -0.15) is 5.10 Å². The molecule has 0 saturated carbocycles. The quantitative estimate of drug-likeness (QED) is 0.841. The van der Waals surface area contributed by atoms with Crippen LogP contribution in [0.1, 0.15) is 30.3 Å². The van der Waals surface area contributed by atoms with Gasteiger partial charge in [0.2, 0.25) is 0 Å². The summed E-state index contributed by atoms with van der Waals surface area (Å²) in [7, 11) is 1.95. The zero-order chi connectivity index (χ0) is 14.4. The number of nitrogens with zero attached hydrogens (tertiary/aromatic N) is 3. The molecule has 0 bridgehead atoms. The number of likely N-dealkylation sites (N-methyl/N-ethyl adjacent to an activating group) is 1. The normalized spacial score (nSPS) is 12.6. The molecule has 1 aromatic carbocycles. The third-order valence-corrected chi connectivity index (χ3v) is 3.59. The van der Waals surface area contributed by atoms with Crippen LogP contribution in [0.3, 0.4) is 0 Å². The van der Waals surface area contributed by atoms with Crippen molar-refractivity contribution >= 4 is 0 Å². The Balaban J connectivity index is 1.94. The summed E-state index contributed by atoms with van der Waals surface area (Å²) >= 11 is 0. The Kier molecular flexibility index (Phi) is 5.30. The minimum atomic E-state index is 0.448. The molecule has 0 saturated heterocycles. The lowest BCUT2D eigenvalue weighted by molar-refractivity contribution is 0.473. The summed E-state index contributed by atoms with van der Waals surface area (Å²) in [4.78, 5) is 4.32. The average Bonchev–Trinajstić information content (AvgIpc) is 2.82. The summed E-state index contributed by atoms with van der Waals surface area (Å²) in [5.74, 6) is 1.04. The van der Waals surface area contributed by atoms with Crippen molar-refractivity contribution in [2.75, 3.05) is 6.54 Å². The Hall–Kier alpha value is -1.68. The summed E-state index contributed by atoms with van der Waals surface area (Å²) < 4.78 is 1.86. The molecule has 1 aromatic heterocycles. The van der Waals surface area contributed by atoms with Crippen LogP contribution < -0.4 is 5.32 Å². The first-order valence-corrected chi connectivity index (χ1v) is 7.31. The minimum absolute atomic E-state index is 0.448. The number of rotatable bonds is 7. The third kappa shape index (κ3) is 4.17. The number of hydrogen-bond donors (Lipinski definition) is 1. The van der Waals surface area contributed by atoms with E-state index in [1.165, 1.54) is 11.1 Å². The number of nitrogens with one attached hydrogen (secondary N) is 1. The van der Waals surface area contributed by atoms with E-state index in [4.69, 9.17) is 0 Å². The second kappa shape index (κ2) is 7.20. The number of aromatic nitrogens is 3. The molecule has 2 aromatic rings. The van der Waals surface area contributed by atoms with Gasteiger partial charge in [0, 0.05) is 19.5 Å². The predicted octanol–water partition coefficient (Wildman–Crippen LogP) is 2.28. The maximum Gasteiger partial charge on any atom is 0.138 e. The number of aryl methyl sites for hydroxylation is 3. The van der Waals surface area contributed by atoms with Gasteiger partial charge in [0.05, 0.1) is 0 Å². The van der Waals surface area contributed by atoms with Crippen LogP contribution >= 0.6 is 0 Å². The smallest absolute Gasteiger partial charge is 0.138 e. The fourth-order valence-electron chi connectivity index (χ4n) is 2.50. The summed E-state index contributed by atoms with van der Waals surface area (Å²) in [5, 5.41) is 7.69. The van der Waals surface area contributed by atoms with Crippen LogP contribution in [-0.4, -0.2) is 27.4 Å². The second-order valence-electron chi connectivity index (χ2n) is 5.29. The topological polar surface area (TPSA) is 42.7 Å². The summed E-state index contributed by atoms with van der Waals surface area (Å²) in [6.07, 6.45) is 4.76. The van der Waals surface area contributed by atoms with Crippen LogP contribution in [0.5, 0.6) is 0 Å². The van der Waals surface area contributed by atoms with Gasteiger partial charge in [-0.3, -0.25) is 4.68 Å². The van der Waals surface area contributed by atoms with E-state index in [0.29, 0.717) is 6.04 Å². The van der Waals surface area contributed by atoms with Crippen molar-refractivity contribution in [3.63, 3.8) is 0 Å². The van der Waals surface area contributed by atoms with E-state index in [2.05, 4.69) is 53.5 Å². The molecule has 20 heavy (non-hydrogen) atoms. The zero-order valence-corrected chi connectivity index (χ0v) is 12.6. The highest BCUT2D eigenvalue weighted by molar-refractivity contribution is 5.22. The molecule has 0 radical (unpaired) electrons. The van der Waals surface area contributed by atoms with Crippen LogP contribution in [0.4, 0.5) is 0 Å². The van der Waals surface area contributed by atoms with E-state index in [1.54, 1.807) is 6.33 Å². The van der Waals surface area contributed by atoms with Gasteiger partial charge in [-0.15, -0.1) is 0 Å². The second-order valence-corrected chi connectivity index (χ2v) is 5.29. The van der Waals surface area contributed by atoms with Crippen LogP contribution in [0.25, 0.3) is 0 Å². The molecule has 0 amide bonds. The summed E-state index contributed by atoms with van der Waals surface area (Å²) in [5.41, 5.74) is 2.74. The van der Waals surface area contributed by atoms with Crippen LogP contribution in [-0.2, 0) is 19.9 Å². The van der Waals surface area contributed by atoms with Gasteiger partial charge in [0.15, 0.2) is 0 Å². The molecule has 4 heteroatoms. The van der Waals surface area contributed by atoms with Gasteiger partial charge < -0.3 is 5.32 Å². The maximum absolute atomic E-state index is 4.32. The predicted molar refractivity (Wildman–Crippen MR) is 81.7 cm³/mol. The number of benzene rings is 1. The average molecular weight is 272 g/mol. The molecule has 2 rings (SSSR count). The van der Waals surface area contributed by atoms with Gasteiger partial charge in [-0.1, -0.05) is 36.8 Å². The molecule has 1 N–H and O–H groups in total. The highest BCUT2D eigenvalue weighted by Gasteiger charge is 2.12. The molecule has 0 aliphatic carbocycles. The molecule has 0 fully saturated rings. The SMILES string of the molecule is CCNC(CCc1cccc(C)c1)Cc1ncnn1C. The van der Waals surface area contributed by atoms with E-state index >= 15 is 0 Å². The lowest BCUT2D eigenvalue weighted by Gasteiger charge is -2.17. The van der Waals surface area contributed by atoms with Gasteiger partial charge in [0.25, 0.3) is 0 Å². The van der Waals surface area contributed by atoms with Gasteiger partial charge in [-0.25, -0.2) is 4.98 Å². The lowest BCUT2D eigenvalue weighted by atomic mass is 10.0. The monoisotopic (exact) mass is 272 g/mol. The van der Waals surface area contributed by atoms with E-state index in [0.717, 1.165) is 31.6 Å². The molecule has 4 nitrogen and oxygen atoms in total. The highest BCUT2D eigenvalue weighted by atomic mass is 15.3. The van der Waals surface area contributed by atoms with Crippen molar-refractivity contribution in [1.29, 1.82) is 0 Å². The standard InChI is InChI=1S/C16H24N4/c1-4-17-15(11-16-18-12-19-20(16)3)9-8-14-7-5-6-13(2)10-14/h5-7,10,12,15,17H,4,8-9,11H2,1-3H3. The Labute approximate surface area is 121 Å². The van der Waals surface area contributed by atoms with Gasteiger partial charge >= 0.3 is 0 Å². The van der Waals surface area contributed by atoms with Crippen molar-refractivity contribution in [2.45, 2.75) is 39.2 Å². The molecule has 1 heterocycles. The molecular formula is C16H24N4. The summed E-state index contributed by atoms with van der Waals surface area (Å²) in [6, 6.07) is 9.20. The zero-order valence-electron chi connectivity index (χ0n) is 12.6. The Bertz CT molecular complexity index is 533. The third-order valence-electron chi connectivity index (χ3n) is 3.59. The van der Waals surface area contributed by atoms with Gasteiger partial charge in [0.1, 0.15) is 12.2 Å². The molecule has 1 atom stereocenters. The first kappa shape index (κ1) is 14.7. The number of hydrogen-bond acceptors (Lipinski definition) is 3. The molecule has 0 aliphatic rings. The van der Waals surface area contributed by atoms with Crippen molar-refractivity contribution < 1.29 is 0 Å².